The van der Waals surface area contributed by atoms with Gasteiger partial charge in [0.15, 0.2) is 0 Å². The first-order valence-electron chi connectivity index (χ1n) is 5.63. The molecule has 1 saturated carbocycles. The molecular formula is C10H19N3O3. The fraction of sp³-hybridized carbons (Fsp3) is 0.800. The van der Waals surface area contributed by atoms with Crippen LogP contribution in [0.25, 0.3) is 0 Å². The van der Waals surface area contributed by atoms with E-state index in [9.17, 15) is 9.59 Å². The number of carbonyl (C=O) groups excluding carboxylic acids is 1. The topological polar surface area (TPSA) is 104 Å². The van der Waals surface area contributed by atoms with Crippen molar-refractivity contribution in [3.05, 3.63) is 0 Å². The van der Waals surface area contributed by atoms with Gasteiger partial charge in [-0.15, -0.1) is 0 Å². The van der Waals surface area contributed by atoms with Crippen LogP contribution in [0.1, 0.15) is 38.5 Å². The number of nitrogens with one attached hydrogen (secondary N) is 2. The Morgan fingerprint density at radius 3 is 2.44 bits per heavy atom. The van der Waals surface area contributed by atoms with Crippen molar-refractivity contribution < 1.29 is 14.7 Å². The quantitative estimate of drug-likeness (QED) is 0.321. The summed E-state index contributed by atoms with van der Waals surface area (Å²) in [6.07, 6.45) is 5.03. The van der Waals surface area contributed by atoms with Crippen LogP contribution in [-0.4, -0.2) is 23.1 Å². The van der Waals surface area contributed by atoms with Crippen molar-refractivity contribution >= 4 is 12.0 Å². The molecule has 0 aromatic rings. The van der Waals surface area contributed by atoms with Gasteiger partial charge in [0.25, 0.3) is 5.91 Å². The fourth-order valence-electron chi connectivity index (χ4n) is 2.24. The summed E-state index contributed by atoms with van der Waals surface area (Å²) in [6, 6.07) is -0.731. The second kappa shape index (κ2) is 6.32. The number of nitrogens with two attached hydrogens (primary N) is 1. The van der Waals surface area contributed by atoms with Crippen molar-refractivity contribution in [2.24, 2.45) is 11.8 Å². The van der Waals surface area contributed by atoms with Crippen LogP contribution in [-0.2, 0) is 4.79 Å². The molecule has 16 heavy (non-hydrogen) atoms. The number of carbonyl (C=O) groups is 2. The highest BCUT2D eigenvalue weighted by Gasteiger charge is 2.25. The predicted octanol–water partition coefficient (Wildman–Crippen LogP) is 0.583. The minimum absolute atomic E-state index is 0.419. The number of hydrazine groups is 1. The summed E-state index contributed by atoms with van der Waals surface area (Å²) in [5.74, 6) is 4.98. The van der Waals surface area contributed by atoms with Crippen LogP contribution in [0.15, 0.2) is 0 Å². The van der Waals surface area contributed by atoms with Crippen molar-refractivity contribution in [1.82, 2.24) is 10.7 Å². The molecule has 6 nitrogen and oxygen atoms in total. The zero-order valence-corrected chi connectivity index (χ0v) is 9.24. The van der Waals surface area contributed by atoms with E-state index in [1.165, 1.54) is 6.42 Å². The molecule has 1 unspecified atom stereocenters. The van der Waals surface area contributed by atoms with Gasteiger partial charge in [0, 0.05) is 0 Å². The van der Waals surface area contributed by atoms with Crippen molar-refractivity contribution in [1.29, 1.82) is 0 Å². The third-order valence-electron chi connectivity index (χ3n) is 3.05. The van der Waals surface area contributed by atoms with E-state index in [0.29, 0.717) is 12.3 Å². The van der Waals surface area contributed by atoms with Gasteiger partial charge in [-0.3, -0.25) is 10.2 Å². The van der Waals surface area contributed by atoms with E-state index in [0.717, 1.165) is 25.7 Å². The van der Waals surface area contributed by atoms with E-state index < -0.39 is 18.0 Å². The first-order chi connectivity index (χ1) is 7.63. The molecule has 1 rings (SSSR count). The predicted molar refractivity (Wildman–Crippen MR) is 58.5 cm³/mol. The van der Waals surface area contributed by atoms with Gasteiger partial charge in [-0.1, -0.05) is 32.1 Å². The SMILES string of the molecule is NNC(=O)C(CC1CCCCC1)NC(=O)O. The van der Waals surface area contributed by atoms with Crippen LogP contribution in [0.3, 0.4) is 0 Å². The lowest BCUT2D eigenvalue weighted by atomic mass is 9.84. The third kappa shape index (κ3) is 4.06. The van der Waals surface area contributed by atoms with E-state index >= 15 is 0 Å². The van der Waals surface area contributed by atoms with Crippen LogP contribution in [0, 0.1) is 5.92 Å². The lowest BCUT2D eigenvalue weighted by Gasteiger charge is -2.25. The number of hydrogen-bond donors (Lipinski definition) is 4. The maximum Gasteiger partial charge on any atom is 0.405 e. The number of hydrogen-bond acceptors (Lipinski definition) is 3. The third-order valence-corrected chi connectivity index (χ3v) is 3.05. The highest BCUT2D eigenvalue weighted by Crippen LogP contribution is 2.27. The molecule has 1 aliphatic carbocycles. The summed E-state index contributed by atoms with van der Waals surface area (Å²) in [4.78, 5) is 21.9. The smallest absolute Gasteiger partial charge is 0.405 e. The minimum atomic E-state index is -1.19. The molecule has 92 valence electrons. The Kier molecular flexibility index (Phi) is 5.04. The number of amides is 2. The maximum atomic E-state index is 11.4. The lowest BCUT2D eigenvalue weighted by molar-refractivity contribution is -0.123. The van der Waals surface area contributed by atoms with E-state index in [4.69, 9.17) is 10.9 Å². The average Bonchev–Trinajstić information content (AvgIpc) is 2.28. The van der Waals surface area contributed by atoms with Gasteiger partial charge in [0.05, 0.1) is 0 Å². The normalized spacial score (nSPS) is 18.8. The fourth-order valence-corrected chi connectivity index (χ4v) is 2.24. The second-order valence-corrected chi connectivity index (χ2v) is 4.25. The Labute approximate surface area is 94.5 Å². The van der Waals surface area contributed by atoms with E-state index in [1.54, 1.807) is 0 Å². The van der Waals surface area contributed by atoms with E-state index in [-0.39, 0.29) is 0 Å². The summed E-state index contributed by atoms with van der Waals surface area (Å²) < 4.78 is 0. The summed E-state index contributed by atoms with van der Waals surface area (Å²) in [6.45, 7) is 0. The van der Waals surface area contributed by atoms with Gasteiger partial charge >= 0.3 is 6.09 Å². The molecule has 0 spiro atoms. The largest absolute Gasteiger partial charge is 0.465 e. The molecule has 0 radical (unpaired) electrons. The lowest BCUT2D eigenvalue weighted by Crippen LogP contribution is -2.49. The average molecular weight is 229 g/mol. The van der Waals surface area contributed by atoms with Gasteiger partial charge in [-0.2, -0.15) is 0 Å². The molecular weight excluding hydrogens is 210 g/mol. The summed E-state index contributed by atoms with van der Waals surface area (Å²) in [5.41, 5.74) is 2.00. The van der Waals surface area contributed by atoms with Crippen LogP contribution < -0.4 is 16.6 Å². The van der Waals surface area contributed by atoms with Crippen LogP contribution in [0.5, 0.6) is 0 Å². The Bertz CT molecular complexity index is 252. The Morgan fingerprint density at radius 2 is 1.94 bits per heavy atom. The Hall–Kier alpha value is -1.30. The van der Waals surface area contributed by atoms with Gasteiger partial charge in [-0.25, -0.2) is 10.6 Å². The van der Waals surface area contributed by atoms with E-state index in [1.807, 2.05) is 5.43 Å². The maximum absolute atomic E-state index is 11.4. The molecule has 1 atom stereocenters. The van der Waals surface area contributed by atoms with E-state index in [2.05, 4.69) is 5.32 Å². The van der Waals surface area contributed by atoms with Crippen molar-refractivity contribution in [3.8, 4) is 0 Å². The number of rotatable bonds is 4. The van der Waals surface area contributed by atoms with Crippen LogP contribution >= 0.6 is 0 Å². The van der Waals surface area contributed by atoms with Gasteiger partial charge in [0.1, 0.15) is 6.04 Å². The van der Waals surface area contributed by atoms with Crippen LogP contribution in [0.2, 0.25) is 0 Å². The van der Waals surface area contributed by atoms with Gasteiger partial charge in [-0.05, 0) is 12.3 Å². The molecule has 0 aromatic heterocycles. The molecule has 0 heterocycles. The molecule has 0 saturated heterocycles. The molecule has 0 aliphatic heterocycles. The van der Waals surface area contributed by atoms with Crippen molar-refractivity contribution in [3.63, 3.8) is 0 Å². The first-order valence-corrected chi connectivity index (χ1v) is 5.63. The molecule has 1 fully saturated rings. The molecule has 1 aliphatic rings. The zero-order chi connectivity index (χ0) is 12.0. The Morgan fingerprint density at radius 1 is 1.31 bits per heavy atom. The first kappa shape index (κ1) is 12.8. The molecule has 0 bridgehead atoms. The number of carboxylic acid groups (broad SMARTS) is 1. The minimum Gasteiger partial charge on any atom is -0.465 e. The van der Waals surface area contributed by atoms with Gasteiger partial charge in [0.2, 0.25) is 0 Å². The highest BCUT2D eigenvalue weighted by atomic mass is 16.4. The standard InChI is InChI=1S/C10H19N3O3/c11-13-9(14)8(12-10(15)16)6-7-4-2-1-3-5-7/h7-8,12H,1-6,11H2,(H,13,14)(H,15,16). The monoisotopic (exact) mass is 229 g/mol. The van der Waals surface area contributed by atoms with Crippen molar-refractivity contribution in [2.75, 3.05) is 0 Å². The summed E-state index contributed by atoms with van der Waals surface area (Å²) >= 11 is 0. The molecule has 0 aromatic carbocycles. The van der Waals surface area contributed by atoms with Gasteiger partial charge < -0.3 is 10.4 Å². The summed E-state index contributed by atoms with van der Waals surface area (Å²) in [7, 11) is 0. The molecule has 5 N–H and O–H groups in total. The zero-order valence-electron chi connectivity index (χ0n) is 9.24. The summed E-state index contributed by atoms with van der Waals surface area (Å²) in [5, 5.41) is 10.8. The Balaban J connectivity index is 2.47. The highest BCUT2D eigenvalue weighted by molar-refractivity contribution is 5.84. The second-order valence-electron chi connectivity index (χ2n) is 4.25. The van der Waals surface area contributed by atoms with Crippen molar-refractivity contribution in [2.45, 2.75) is 44.6 Å². The molecule has 6 heteroatoms. The van der Waals surface area contributed by atoms with Crippen LogP contribution in [0.4, 0.5) is 4.79 Å². The molecule has 2 amide bonds.